The Hall–Kier alpha value is -2.02. The number of benzene rings is 2. The van der Waals surface area contributed by atoms with Crippen LogP contribution < -0.4 is 4.74 Å². The summed E-state index contributed by atoms with van der Waals surface area (Å²) >= 11 is 0. The van der Waals surface area contributed by atoms with Gasteiger partial charge in [0.1, 0.15) is 5.75 Å². The third-order valence-corrected chi connectivity index (χ3v) is 2.64. The molecule has 2 aromatic rings. The lowest BCUT2D eigenvalue weighted by molar-refractivity contribution is 0.340. The lowest BCUT2D eigenvalue weighted by Gasteiger charge is -2.08. The molecular weight excluding hydrogens is 208 g/mol. The fourth-order valence-corrected chi connectivity index (χ4v) is 1.86. The maximum absolute atomic E-state index is 5.52. The van der Waals surface area contributed by atoms with Gasteiger partial charge in [-0.15, -0.1) is 0 Å². The van der Waals surface area contributed by atoms with Crippen molar-refractivity contribution in [1.29, 1.82) is 0 Å². The quantitative estimate of drug-likeness (QED) is 0.748. The largest absolute Gasteiger partial charge is 0.494 e. The second-order valence-electron chi connectivity index (χ2n) is 3.75. The minimum absolute atomic E-state index is 0.687. The van der Waals surface area contributed by atoms with E-state index in [-0.39, 0.29) is 0 Å². The van der Waals surface area contributed by atoms with E-state index < -0.39 is 0 Å². The SMILES string of the molecule is C=Cc1ccccc1-c1cccc(OCC)c1. The highest BCUT2D eigenvalue weighted by Gasteiger charge is 2.02. The van der Waals surface area contributed by atoms with Crippen LogP contribution >= 0.6 is 0 Å². The van der Waals surface area contributed by atoms with Crippen molar-refractivity contribution in [3.8, 4) is 16.9 Å². The van der Waals surface area contributed by atoms with E-state index in [4.69, 9.17) is 4.74 Å². The topological polar surface area (TPSA) is 9.23 Å². The van der Waals surface area contributed by atoms with Crippen molar-refractivity contribution < 1.29 is 4.74 Å². The average molecular weight is 224 g/mol. The molecule has 17 heavy (non-hydrogen) atoms. The summed E-state index contributed by atoms with van der Waals surface area (Å²) in [6, 6.07) is 16.4. The monoisotopic (exact) mass is 224 g/mol. The molecule has 0 saturated carbocycles. The van der Waals surface area contributed by atoms with Crippen LogP contribution in [0.5, 0.6) is 5.75 Å². The summed E-state index contributed by atoms with van der Waals surface area (Å²) in [6.45, 7) is 6.52. The van der Waals surface area contributed by atoms with Crippen LogP contribution in [0.2, 0.25) is 0 Å². The van der Waals surface area contributed by atoms with Gasteiger partial charge in [-0.05, 0) is 35.7 Å². The molecule has 0 amide bonds. The average Bonchev–Trinajstić information content (AvgIpc) is 2.39. The van der Waals surface area contributed by atoms with Crippen LogP contribution in [-0.4, -0.2) is 6.61 Å². The van der Waals surface area contributed by atoms with Crippen LogP contribution in [0.1, 0.15) is 12.5 Å². The summed E-state index contributed by atoms with van der Waals surface area (Å²) in [4.78, 5) is 0. The van der Waals surface area contributed by atoms with Gasteiger partial charge in [0.05, 0.1) is 6.61 Å². The maximum atomic E-state index is 5.52. The highest BCUT2D eigenvalue weighted by atomic mass is 16.5. The second kappa shape index (κ2) is 5.35. The van der Waals surface area contributed by atoms with Crippen LogP contribution in [0.3, 0.4) is 0 Å². The minimum Gasteiger partial charge on any atom is -0.494 e. The molecule has 0 unspecified atom stereocenters. The highest BCUT2D eigenvalue weighted by molar-refractivity contribution is 5.75. The molecule has 86 valence electrons. The third kappa shape index (κ3) is 2.56. The molecule has 1 heteroatoms. The summed E-state index contributed by atoms with van der Waals surface area (Å²) < 4.78 is 5.52. The molecule has 2 aromatic carbocycles. The lowest BCUT2D eigenvalue weighted by Crippen LogP contribution is -1.91. The zero-order valence-corrected chi connectivity index (χ0v) is 10.0. The van der Waals surface area contributed by atoms with Crippen molar-refractivity contribution in [1.82, 2.24) is 0 Å². The molecule has 0 radical (unpaired) electrons. The maximum Gasteiger partial charge on any atom is 0.119 e. The summed E-state index contributed by atoms with van der Waals surface area (Å²) in [5, 5.41) is 0. The normalized spacial score (nSPS) is 9.94. The molecule has 0 N–H and O–H groups in total. The fourth-order valence-electron chi connectivity index (χ4n) is 1.86. The number of hydrogen-bond acceptors (Lipinski definition) is 1. The Bertz CT molecular complexity index is 514. The summed E-state index contributed by atoms with van der Waals surface area (Å²) in [5.41, 5.74) is 3.48. The molecule has 0 fully saturated rings. The second-order valence-corrected chi connectivity index (χ2v) is 3.75. The van der Waals surface area contributed by atoms with Gasteiger partial charge >= 0.3 is 0 Å². The van der Waals surface area contributed by atoms with Gasteiger partial charge in [-0.3, -0.25) is 0 Å². The van der Waals surface area contributed by atoms with Crippen molar-refractivity contribution in [3.05, 3.63) is 60.7 Å². The van der Waals surface area contributed by atoms with Crippen molar-refractivity contribution in [2.45, 2.75) is 6.92 Å². The zero-order valence-electron chi connectivity index (χ0n) is 10.0. The lowest BCUT2D eigenvalue weighted by atomic mass is 10.00. The molecule has 0 aliphatic carbocycles. The predicted molar refractivity (Wildman–Crippen MR) is 73.1 cm³/mol. The third-order valence-electron chi connectivity index (χ3n) is 2.64. The van der Waals surface area contributed by atoms with Crippen molar-refractivity contribution in [2.75, 3.05) is 6.61 Å². The Kier molecular flexibility index (Phi) is 3.61. The van der Waals surface area contributed by atoms with Gasteiger partial charge in [0.25, 0.3) is 0 Å². The van der Waals surface area contributed by atoms with E-state index in [1.54, 1.807) is 0 Å². The standard InChI is InChI=1S/C16H16O/c1-3-13-8-5-6-11-16(13)14-9-7-10-15(12-14)17-4-2/h3,5-12H,1,4H2,2H3. The van der Waals surface area contributed by atoms with E-state index in [2.05, 4.69) is 30.8 Å². The number of ether oxygens (including phenoxy) is 1. The van der Waals surface area contributed by atoms with E-state index in [0.717, 1.165) is 16.9 Å². The van der Waals surface area contributed by atoms with E-state index in [9.17, 15) is 0 Å². The van der Waals surface area contributed by atoms with Crippen molar-refractivity contribution in [2.24, 2.45) is 0 Å². The van der Waals surface area contributed by atoms with Gasteiger partial charge in [-0.2, -0.15) is 0 Å². The first-order valence-corrected chi connectivity index (χ1v) is 5.80. The summed E-state index contributed by atoms with van der Waals surface area (Å²) in [7, 11) is 0. The number of hydrogen-bond donors (Lipinski definition) is 0. The Balaban J connectivity index is 2.45. The minimum atomic E-state index is 0.687. The van der Waals surface area contributed by atoms with Gasteiger partial charge in [0, 0.05) is 0 Å². The first-order chi connectivity index (χ1) is 8.35. The molecule has 0 aliphatic heterocycles. The molecular formula is C16H16O. The first kappa shape index (κ1) is 11.5. The Morgan fingerprint density at radius 3 is 2.71 bits per heavy atom. The molecule has 2 rings (SSSR count). The molecule has 0 aromatic heterocycles. The van der Waals surface area contributed by atoms with Crippen LogP contribution in [-0.2, 0) is 0 Å². The Labute approximate surface area is 102 Å². The smallest absolute Gasteiger partial charge is 0.119 e. The van der Waals surface area contributed by atoms with Crippen molar-refractivity contribution in [3.63, 3.8) is 0 Å². The van der Waals surface area contributed by atoms with E-state index in [0.29, 0.717) is 6.61 Å². The van der Waals surface area contributed by atoms with Crippen molar-refractivity contribution >= 4 is 6.08 Å². The number of rotatable bonds is 4. The van der Waals surface area contributed by atoms with Gasteiger partial charge in [-0.25, -0.2) is 0 Å². The Morgan fingerprint density at radius 2 is 1.94 bits per heavy atom. The van der Waals surface area contributed by atoms with E-state index in [1.165, 1.54) is 5.56 Å². The molecule has 1 nitrogen and oxygen atoms in total. The van der Waals surface area contributed by atoms with Crippen LogP contribution in [0.4, 0.5) is 0 Å². The van der Waals surface area contributed by atoms with Gasteiger partial charge in [0.15, 0.2) is 0 Å². The van der Waals surface area contributed by atoms with Gasteiger partial charge in [0.2, 0.25) is 0 Å². The summed E-state index contributed by atoms with van der Waals surface area (Å²) in [6.07, 6.45) is 1.88. The zero-order chi connectivity index (χ0) is 12.1. The molecule has 0 atom stereocenters. The highest BCUT2D eigenvalue weighted by Crippen LogP contribution is 2.27. The van der Waals surface area contributed by atoms with Gasteiger partial charge < -0.3 is 4.74 Å². The molecule has 0 bridgehead atoms. The van der Waals surface area contributed by atoms with Gasteiger partial charge in [-0.1, -0.05) is 49.1 Å². The molecule has 0 aliphatic rings. The van der Waals surface area contributed by atoms with Crippen LogP contribution in [0.25, 0.3) is 17.2 Å². The molecule has 0 spiro atoms. The summed E-state index contributed by atoms with van der Waals surface area (Å²) in [5.74, 6) is 0.906. The molecule has 0 saturated heterocycles. The molecule has 0 heterocycles. The first-order valence-electron chi connectivity index (χ1n) is 5.80. The van der Waals surface area contributed by atoms with Crippen LogP contribution in [0, 0.1) is 0 Å². The Morgan fingerprint density at radius 1 is 1.12 bits per heavy atom. The van der Waals surface area contributed by atoms with E-state index >= 15 is 0 Å². The van der Waals surface area contributed by atoms with E-state index in [1.807, 2.05) is 37.3 Å². The van der Waals surface area contributed by atoms with Crippen LogP contribution in [0.15, 0.2) is 55.1 Å². The fraction of sp³-hybridized carbons (Fsp3) is 0.125. The predicted octanol–water partition coefficient (Wildman–Crippen LogP) is 4.40.